The van der Waals surface area contributed by atoms with E-state index in [1.54, 1.807) is 6.92 Å². The molecule has 1 aliphatic heterocycles. The van der Waals surface area contributed by atoms with Gasteiger partial charge in [0, 0.05) is 52.5 Å². The maximum Gasteiger partial charge on any atom is 0.222 e. The van der Waals surface area contributed by atoms with Crippen molar-refractivity contribution in [2.45, 2.75) is 39.5 Å². The molecular weight excluding hydrogens is 328 g/mol. The van der Waals surface area contributed by atoms with Gasteiger partial charge in [0.25, 0.3) is 0 Å². The smallest absolute Gasteiger partial charge is 0.222 e. The molecular formula is C20H28N4O2. The second-order valence-corrected chi connectivity index (χ2v) is 6.86. The molecule has 0 radical (unpaired) electrons. The van der Waals surface area contributed by atoms with Gasteiger partial charge in [0.15, 0.2) is 0 Å². The van der Waals surface area contributed by atoms with Gasteiger partial charge in [-0.15, -0.1) is 10.2 Å². The third-order valence-electron chi connectivity index (χ3n) is 4.99. The Kier molecular flexibility index (Phi) is 6.39. The van der Waals surface area contributed by atoms with Crippen LogP contribution in [0.5, 0.6) is 0 Å². The molecule has 6 heteroatoms. The minimum Gasteiger partial charge on any atom is -0.426 e. The molecule has 1 aromatic heterocycles. The number of nitrogens with zero attached hydrogens (tertiary/aromatic N) is 4. The summed E-state index contributed by atoms with van der Waals surface area (Å²) in [6.07, 6.45) is 3.23. The second-order valence-electron chi connectivity index (χ2n) is 6.86. The summed E-state index contributed by atoms with van der Waals surface area (Å²) in [5, 5.41) is 7.88. The van der Waals surface area contributed by atoms with Gasteiger partial charge < -0.3 is 9.32 Å². The zero-order valence-corrected chi connectivity index (χ0v) is 15.8. The number of amides is 1. The summed E-state index contributed by atoms with van der Waals surface area (Å²) in [5.74, 6) is 1.56. The lowest BCUT2D eigenvalue weighted by atomic mass is 10.1. The van der Waals surface area contributed by atoms with Gasteiger partial charge in [-0.2, -0.15) is 0 Å². The van der Waals surface area contributed by atoms with Gasteiger partial charge >= 0.3 is 0 Å². The summed E-state index contributed by atoms with van der Waals surface area (Å²) in [7, 11) is 0. The molecule has 26 heavy (non-hydrogen) atoms. The van der Waals surface area contributed by atoms with Crippen LogP contribution in [0.25, 0.3) is 0 Å². The number of benzene rings is 1. The van der Waals surface area contributed by atoms with Crippen LogP contribution < -0.4 is 0 Å². The summed E-state index contributed by atoms with van der Waals surface area (Å²) in [6, 6.07) is 8.60. The molecule has 2 heterocycles. The number of carbonyl (C=O) groups is 1. The predicted octanol–water partition coefficient (Wildman–Crippen LogP) is 2.26. The number of aryl methyl sites for hydroxylation is 3. The van der Waals surface area contributed by atoms with E-state index in [0.29, 0.717) is 18.2 Å². The average Bonchev–Trinajstić information content (AvgIpc) is 3.10. The highest BCUT2D eigenvalue weighted by Crippen LogP contribution is 2.10. The van der Waals surface area contributed by atoms with E-state index in [0.717, 1.165) is 52.0 Å². The molecule has 0 saturated carbocycles. The first-order valence-electron chi connectivity index (χ1n) is 9.51. The third-order valence-corrected chi connectivity index (χ3v) is 4.99. The Labute approximate surface area is 155 Å². The molecule has 0 N–H and O–H groups in total. The van der Waals surface area contributed by atoms with E-state index < -0.39 is 0 Å². The van der Waals surface area contributed by atoms with Crippen molar-refractivity contribution in [3.63, 3.8) is 0 Å². The Morgan fingerprint density at radius 3 is 2.35 bits per heavy atom. The number of carbonyl (C=O) groups excluding carboxylic acids is 1. The topological polar surface area (TPSA) is 62.5 Å². The molecule has 0 atom stereocenters. The first-order chi connectivity index (χ1) is 12.6. The van der Waals surface area contributed by atoms with E-state index in [2.05, 4.69) is 46.3 Å². The molecule has 1 saturated heterocycles. The molecule has 0 aliphatic carbocycles. The first-order valence-corrected chi connectivity index (χ1v) is 9.51. The first kappa shape index (κ1) is 18.6. The minimum absolute atomic E-state index is 0.261. The van der Waals surface area contributed by atoms with Crippen LogP contribution in [0.15, 0.2) is 28.7 Å². The van der Waals surface area contributed by atoms with Gasteiger partial charge in [-0.1, -0.05) is 31.2 Å². The number of piperazine rings is 1. The van der Waals surface area contributed by atoms with E-state index in [1.807, 2.05) is 4.90 Å². The molecule has 6 nitrogen and oxygen atoms in total. The van der Waals surface area contributed by atoms with Crippen LogP contribution in [-0.4, -0.2) is 58.6 Å². The van der Waals surface area contributed by atoms with Crippen molar-refractivity contribution in [1.29, 1.82) is 0 Å². The van der Waals surface area contributed by atoms with Crippen LogP contribution in [0, 0.1) is 6.92 Å². The Morgan fingerprint density at radius 1 is 1.04 bits per heavy atom. The van der Waals surface area contributed by atoms with Gasteiger partial charge in [-0.3, -0.25) is 9.69 Å². The maximum atomic E-state index is 12.5. The van der Waals surface area contributed by atoms with Crippen molar-refractivity contribution in [3.05, 3.63) is 47.2 Å². The third kappa shape index (κ3) is 5.14. The summed E-state index contributed by atoms with van der Waals surface area (Å²) in [4.78, 5) is 16.8. The Morgan fingerprint density at radius 2 is 1.73 bits per heavy atom. The van der Waals surface area contributed by atoms with Crippen LogP contribution in [0.3, 0.4) is 0 Å². The molecule has 1 fully saturated rings. The summed E-state index contributed by atoms with van der Waals surface area (Å²) in [6.45, 7) is 8.27. The lowest BCUT2D eigenvalue weighted by molar-refractivity contribution is -0.132. The fourth-order valence-corrected chi connectivity index (χ4v) is 3.26. The second kappa shape index (κ2) is 8.94. The van der Waals surface area contributed by atoms with Crippen molar-refractivity contribution < 1.29 is 9.21 Å². The largest absolute Gasteiger partial charge is 0.426 e. The number of hydrogen-bond donors (Lipinski definition) is 0. The molecule has 1 aromatic carbocycles. The van der Waals surface area contributed by atoms with Crippen molar-refractivity contribution in [2.75, 3.05) is 32.7 Å². The maximum absolute atomic E-state index is 12.5. The Hall–Kier alpha value is -2.21. The van der Waals surface area contributed by atoms with E-state index >= 15 is 0 Å². The van der Waals surface area contributed by atoms with E-state index in [9.17, 15) is 4.79 Å². The highest BCUT2D eigenvalue weighted by atomic mass is 16.4. The fourth-order valence-electron chi connectivity index (χ4n) is 3.26. The lowest BCUT2D eigenvalue weighted by Crippen LogP contribution is -2.49. The van der Waals surface area contributed by atoms with Crippen LogP contribution >= 0.6 is 0 Å². The zero-order chi connectivity index (χ0) is 18.4. The van der Waals surface area contributed by atoms with Gasteiger partial charge in [-0.25, -0.2) is 0 Å². The van der Waals surface area contributed by atoms with Crippen molar-refractivity contribution >= 4 is 5.91 Å². The summed E-state index contributed by atoms with van der Waals surface area (Å²) in [5.41, 5.74) is 2.58. The van der Waals surface area contributed by atoms with Crippen LogP contribution in [-0.2, 0) is 24.1 Å². The van der Waals surface area contributed by atoms with Crippen molar-refractivity contribution in [1.82, 2.24) is 20.0 Å². The van der Waals surface area contributed by atoms with Gasteiger partial charge in [-0.05, 0) is 24.0 Å². The van der Waals surface area contributed by atoms with Crippen molar-refractivity contribution in [3.8, 4) is 0 Å². The average molecular weight is 356 g/mol. The highest BCUT2D eigenvalue weighted by molar-refractivity contribution is 5.76. The van der Waals surface area contributed by atoms with Crippen LogP contribution in [0.1, 0.15) is 36.3 Å². The SMILES string of the molecule is CCc1ccc(CCC(=O)N2CCN(CCc3nnc(C)o3)CC2)cc1. The molecule has 0 bridgehead atoms. The fraction of sp³-hybridized carbons (Fsp3) is 0.550. The monoisotopic (exact) mass is 356 g/mol. The standard InChI is InChI=1S/C20H28N4O2/c1-3-17-4-6-18(7-5-17)8-9-20(25)24-14-12-23(13-15-24)11-10-19-22-21-16(2)26-19/h4-7H,3,8-15H2,1-2H3. The number of hydrogen-bond acceptors (Lipinski definition) is 5. The van der Waals surface area contributed by atoms with Crippen molar-refractivity contribution in [2.24, 2.45) is 0 Å². The molecule has 0 spiro atoms. The highest BCUT2D eigenvalue weighted by Gasteiger charge is 2.21. The van der Waals surface area contributed by atoms with E-state index in [-0.39, 0.29) is 5.91 Å². The summed E-state index contributed by atoms with van der Waals surface area (Å²) < 4.78 is 5.41. The zero-order valence-electron chi connectivity index (χ0n) is 15.8. The number of rotatable bonds is 7. The minimum atomic E-state index is 0.261. The van der Waals surface area contributed by atoms with Crippen LogP contribution in [0.2, 0.25) is 0 Å². The van der Waals surface area contributed by atoms with E-state index in [4.69, 9.17) is 4.42 Å². The lowest BCUT2D eigenvalue weighted by Gasteiger charge is -2.34. The quantitative estimate of drug-likeness (QED) is 0.761. The van der Waals surface area contributed by atoms with Gasteiger partial charge in [0.1, 0.15) is 0 Å². The normalized spacial score (nSPS) is 15.4. The molecule has 140 valence electrons. The van der Waals surface area contributed by atoms with Crippen LogP contribution in [0.4, 0.5) is 0 Å². The van der Waals surface area contributed by atoms with Gasteiger partial charge in [0.2, 0.25) is 17.7 Å². The van der Waals surface area contributed by atoms with Gasteiger partial charge in [0.05, 0.1) is 0 Å². The number of aromatic nitrogens is 2. The molecule has 3 rings (SSSR count). The molecule has 0 unspecified atom stereocenters. The molecule has 1 amide bonds. The Balaban J connectivity index is 1.37. The predicted molar refractivity (Wildman–Crippen MR) is 99.9 cm³/mol. The Bertz CT molecular complexity index is 703. The molecule has 2 aromatic rings. The molecule has 1 aliphatic rings. The summed E-state index contributed by atoms with van der Waals surface area (Å²) >= 11 is 0. The van der Waals surface area contributed by atoms with E-state index in [1.165, 1.54) is 11.1 Å².